The first-order valence-corrected chi connectivity index (χ1v) is 6.56. The Balaban J connectivity index is 2.02. The number of phenolic OH excluding ortho intramolecular Hbond substituents is 1. The number of aromatic hydroxyl groups is 1. The van der Waals surface area contributed by atoms with Crippen molar-refractivity contribution >= 4 is 28.4 Å². The van der Waals surface area contributed by atoms with Gasteiger partial charge in [-0.05, 0) is 30.3 Å². The molecule has 0 amide bonds. The predicted molar refractivity (Wildman–Crippen MR) is 82.3 cm³/mol. The van der Waals surface area contributed by atoms with Gasteiger partial charge in [0.05, 0.1) is 18.2 Å². The van der Waals surface area contributed by atoms with E-state index in [4.69, 9.17) is 4.74 Å². The number of fused-ring (bicyclic) bond motifs is 1. The van der Waals surface area contributed by atoms with Gasteiger partial charge in [0.2, 0.25) is 0 Å². The highest BCUT2D eigenvalue weighted by atomic mass is 16.5. The lowest BCUT2D eigenvalue weighted by atomic mass is 10.1. The third kappa shape index (κ3) is 2.67. The van der Waals surface area contributed by atoms with Crippen molar-refractivity contribution in [3.63, 3.8) is 0 Å². The van der Waals surface area contributed by atoms with Crippen molar-refractivity contribution in [2.24, 2.45) is 0 Å². The largest absolute Gasteiger partial charge is 0.508 e. The molecular weight excluding hydrogens is 282 g/mol. The van der Waals surface area contributed by atoms with Gasteiger partial charge in [0.25, 0.3) is 0 Å². The van der Waals surface area contributed by atoms with Crippen molar-refractivity contribution in [2.45, 2.75) is 0 Å². The van der Waals surface area contributed by atoms with Crippen LogP contribution in [0, 0.1) is 0 Å². The second kappa shape index (κ2) is 5.69. The molecule has 0 aliphatic rings. The van der Waals surface area contributed by atoms with Crippen LogP contribution in [0.2, 0.25) is 0 Å². The Morgan fingerprint density at radius 1 is 1.18 bits per heavy atom. The maximum atomic E-state index is 11.6. The minimum absolute atomic E-state index is 0.163. The van der Waals surface area contributed by atoms with Gasteiger partial charge in [-0.25, -0.2) is 14.8 Å². The topological polar surface area (TPSA) is 84.3 Å². The van der Waals surface area contributed by atoms with E-state index in [0.29, 0.717) is 22.6 Å². The molecule has 0 unspecified atom stereocenters. The molecule has 0 saturated carbocycles. The molecule has 0 fully saturated rings. The summed E-state index contributed by atoms with van der Waals surface area (Å²) in [6.45, 7) is 0. The standard InChI is InChI=1S/C16H13N3O3/c1-22-16(21)10-5-6-13-14(7-10)17-9-18-15(13)19-11-3-2-4-12(20)8-11/h2-9,20H,1H3,(H,17,18,19). The smallest absolute Gasteiger partial charge is 0.337 e. The van der Waals surface area contributed by atoms with E-state index >= 15 is 0 Å². The zero-order valence-corrected chi connectivity index (χ0v) is 11.8. The van der Waals surface area contributed by atoms with Crippen LogP contribution >= 0.6 is 0 Å². The Morgan fingerprint density at radius 2 is 2.05 bits per heavy atom. The number of hydrogen-bond donors (Lipinski definition) is 2. The van der Waals surface area contributed by atoms with Gasteiger partial charge in [-0.1, -0.05) is 6.07 Å². The summed E-state index contributed by atoms with van der Waals surface area (Å²) >= 11 is 0. The predicted octanol–water partition coefficient (Wildman–Crippen LogP) is 2.87. The van der Waals surface area contributed by atoms with Crippen LogP contribution in [-0.4, -0.2) is 28.2 Å². The van der Waals surface area contributed by atoms with Crippen molar-refractivity contribution < 1.29 is 14.6 Å². The number of phenols is 1. The fourth-order valence-electron chi connectivity index (χ4n) is 2.12. The molecule has 3 rings (SSSR count). The number of carbonyl (C=O) groups is 1. The van der Waals surface area contributed by atoms with Crippen molar-refractivity contribution in [1.29, 1.82) is 0 Å². The number of esters is 1. The number of nitrogens with one attached hydrogen (secondary N) is 1. The number of aromatic nitrogens is 2. The third-order valence-corrected chi connectivity index (χ3v) is 3.17. The Bertz CT molecular complexity index is 849. The lowest BCUT2D eigenvalue weighted by Crippen LogP contribution is -2.02. The summed E-state index contributed by atoms with van der Waals surface area (Å²) in [7, 11) is 1.33. The molecule has 1 aromatic heterocycles. The van der Waals surface area contributed by atoms with Crippen LogP contribution in [0.15, 0.2) is 48.8 Å². The summed E-state index contributed by atoms with van der Waals surface area (Å²) in [6.07, 6.45) is 1.41. The maximum Gasteiger partial charge on any atom is 0.337 e. The van der Waals surface area contributed by atoms with Gasteiger partial charge in [0, 0.05) is 17.1 Å². The van der Waals surface area contributed by atoms with E-state index in [1.54, 1.807) is 36.4 Å². The van der Waals surface area contributed by atoms with Gasteiger partial charge >= 0.3 is 5.97 Å². The van der Waals surface area contributed by atoms with Crippen LogP contribution in [0.1, 0.15) is 10.4 Å². The van der Waals surface area contributed by atoms with Crippen LogP contribution < -0.4 is 5.32 Å². The van der Waals surface area contributed by atoms with Crippen molar-refractivity contribution in [3.05, 3.63) is 54.4 Å². The lowest BCUT2D eigenvalue weighted by Gasteiger charge is -2.09. The molecule has 0 saturated heterocycles. The number of methoxy groups -OCH3 is 1. The van der Waals surface area contributed by atoms with E-state index in [9.17, 15) is 9.90 Å². The number of rotatable bonds is 3. The Labute approximate surface area is 126 Å². The highest BCUT2D eigenvalue weighted by Gasteiger charge is 2.09. The first-order valence-electron chi connectivity index (χ1n) is 6.56. The van der Waals surface area contributed by atoms with Crippen molar-refractivity contribution in [3.8, 4) is 5.75 Å². The number of nitrogens with zero attached hydrogens (tertiary/aromatic N) is 2. The van der Waals surface area contributed by atoms with E-state index in [0.717, 1.165) is 5.39 Å². The van der Waals surface area contributed by atoms with Gasteiger partial charge in [0.1, 0.15) is 17.9 Å². The molecule has 22 heavy (non-hydrogen) atoms. The van der Waals surface area contributed by atoms with E-state index in [-0.39, 0.29) is 5.75 Å². The van der Waals surface area contributed by atoms with Gasteiger partial charge in [0.15, 0.2) is 0 Å². The maximum absolute atomic E-state index is 11.6. The molecule has 0 atom stereocenters. The number of carbonyl (C=O) groups excluding carboxylic acids is 1. The second-order valence-electron chi connectivity index (χ2n) is 4.62. The zero-order chi connectivity index (χ0) is 15.5. The average Bonchev–Trinajstić information content (AvgIpc) is 2.54. The van der Waals surface area contributed by atoms with E-state index in [2.05, 4.69) is 15.3 Å². The first-order chi connectivity index (χ1) is 10.7. The monoisotopic (exact) mass is 295 g/mol. The zero-order valence-electron chi connectivity index (χ0n) is 11.8. The number of benzene rings is 2. The van der Waals surface area contributed by atoms with Gasteiger partial charge in [-0.15, -0.1) is 0 Å². The van der Waals surface area contributed by atoms with E-state index in [1.807, 2.05) is 6.07 Å². The molecule has 6 nitrogen and oxygen atoms in total. The molecule has 3 aromatic rings. The normalized spacial score (nSPS) is 10.4. The molecule has 0 aliphatic heterocycles. The molecule has 0 radical (unpaired) electrons. The quantitative estimate of drug-likeness (QED) is 0.723. The minimum atomic E-state index is -0.414. The van der Waals surface area contributed by atoms with Crippen molar-refractivity contribution in [1.82, 2.24) is 9.97 Å². The number of ether oxygens (including phenoxy) is 1. The summed E-state index contributed by atoms with van der Waals surface area (Å²) in [5, 5.41) is 13.4. The average molecular weight is 295 g/mol. The lowest BCUT2D eigenvalue weighted by molar-refractivity contribution is 0.0601. The van der Waals surface area contributed by atoms with Crippen molar-refractivity contribution in [2.75, 3.05) is 12.4 Å². The number of hydrogen-bond acceptors (Lipinski definition) is 6. The second-order valence-corrected chi connectivity index (χ2v) is 4.62. The van der Waals surface area contributed by atoms with Gasteiger partial charge in [-0.3, -0.25) is 0 Å². The van der Waals surface area contributed by atoms with E-state index < -0.39 is 5.97 Å². The summed E-state index contributed by atoms with van der Waals surface area (Å²) in [5.74, 6) is 0.339. The Morgan fingerprint density at radius 3 is 2.82 bits per heavy atom. The van der Waals surface area contributed by atoms with Crippen LogP contribution in [-0.2, 0) is 4.74 Å². The molecule has 2 N–H and O–H groups in total. The van der Waals surface area contributed by atoms with Gasteiger partial charge in [-0.2, -0.15) is 0 Å². The molecule has 0 aliphatic carbocycles. The molecule has 110 valence electrons. The summed E-state index contributed by atoms with van der Waals surface area (Å²) in [5.41, 5.74) is 1.76. The van der Waals surface area contributed by atoms with E-state index in [1.165, 1.54) is 13.4 Å². The highest BCUT2D eigenvalue weighted by molar-refractivity contribution is 5.97. The summed E-state index contributed by atoms with van der Waals surface area (Å²) < 4.78 is 4.70. The minimum Gasteiger partial charge on any atom is -0.508 e. The highest BCUT2D eigenvalue weighted by Crippen LogP contribution is 2.25. The van der Waals surface area contributed by atoms with Crippen LogP contribution in [0.3, 0.4) is 0 Å². The van der Waals surface area contributed by atoms with Crippen LogP contribution in [0.5, 0.6) is 5.75 Å². The number of anilines is 2. The SMILES string of the molecule is COC(=O)c1ccc2c(Nc3cccc(O)c3)ncnc2c1. The molecule has 1 heterocycles. The fraction of sp³-hybridized carbons (Fsp3) is 0.0625. The molecule has 2 aromatic carbocycles. The fourth-order valence-corrected chi connectivity index (χ4v) is 2.12. The van der Waals surface area contributed by atoms with Gasteiger partial charge < -0.3 is 15.2 Å². The Hall–Kier alpha value is -3.15. The summed E-state index contributed by atoms with van der Waals surface area (Å²) in [6, 6.07) is 11.8. The van der Waals surface area contributed by atoms with Crippen LogP contribution in [0.25, 0.3) is 10.9 Å². The first kappa shape index (κ1) is 13.8. The molecule has 0 bridgehead atoms. The summed E-state index contributed by atoms with van der Waals surface area (Å²) in [4.78, 5) is 19.9. The molecular formula is C16H13N3O3. The third-order valence-electron chi connectivity index (χ3n) is 3.17. The molecule has 6 heteroatoms. The molecule has 0 spiro atoms. The van der Waals surface area contributed by atoms with Crippen LogP contribution in [0.4, 0.5) is 11.5 Å². The Kier molecular flexibility index (Phi) is 3.57.